The fraction of sp³-hybridized carbons (Fsp3) is 0.889. The lowest BCUT2D eigenvalue weighted by Gasteiger charge is -2.11. The minimum Gasteiger partial charge on any atom is -0.480 e. The summed E-state index contributed by atoms with van der Waals surface area (Å²) in [5.41, 5.74) is 0. The molecular weight excluding hydrogens is 268 g/mol. The van der Waals surface area contributed by atoms with E-state index in [1.807, 2.05) is 0 Å². The predicted octanol–water partition coefficient (Wildman–Crippen LogP) is 0.0892. The van der Waals surface area contributed by atoms with Gasteiger partial charge in [-0.15, -0.1) is 0 Å². The first-order chi connectivity index (χ1) is 7.66. The Balaban J connectivity index is 4.73. The Labute approximate surface area is 102 Å². The van der Waals surface area contributed by atoms with E-state index in [1.54, 1.807) is 6.92 Å². The first-order valence-corrected chi connectivity index (χ1v) is 8.84. The molecule has 0 bridgehead atoms. The molecule has 0 rings (SSSR count). The van der Waals surface area contributed by atoms with Crippen LogP contribution in [0.15, 0.2) is 0 Å². The molecule has 1 N–H and O–H groups in total. The molecule has 0 aliphatic rings. The van der Waals surface area contributed by atoms with Crippen LogP contribution in [-0.2, 0) is 24.5 Å². The average molecular weight is 286 g/mol. The van der Waals surface area contributed by atoms with Crippen molar-refractivity contribution in [1.29, 1.82) is 0 Å². The van der Waals surface area contributed by atoms with E-state index in [9.17, 15) is 21.6 Å². The SMILES string of the molecule is CCCS(=O)(=O)CCS(=O)(=O)C(CC)C(=O)O. The van der Waals surface area contributed by atoms with Crippen molar-refractivity contribution in [3.63, 3.8) is 0 Å². The molecule has 0 aromatic heterocycles. The van der Waals surface area contributed by atoms with Crippen LogP contribution in [0, 0.1) is 0 Å². The number of carboxylic acids is 1. The smallest absolute Gasteiger partial charge is 0.321 e. The molecule has 0 aliphatic carbocycles. The van der Waals surface area contributed by atoms with Crippen LogP contribution in [0.2, 0.25) is 0 Å². The normalized spacial score (nSPS) is 14.5. The first kappa shape index (κ1) is 16.4. The Morgan fingerprint density at radius 1 is 1.06 bits per heavy atom. The Bertz CT molecular complexity index is 448. The van der Waals surface area contributed by atoms with E-state index in [-0.39, 0.29) is 12.2 Å². The van der Waals surface area contributed by atoms with Crippen molar-refractivity contribution in [1.82, 2.24) is 0 Å². The quantitative estimate of drug-likeness (QED) is 0.678. The third kappa shape index (κ3) is 5.49. The van der Waals surface area contributed by atoms with Crippen LogP contribution in [-0.4, -0.2) is 50.4 Å². The van der Waals surface area contributed by atoms with E-state index in [0.717, 1.165) is 0 Å². The molecule has 0 spiro atoms. The highest BCUT2D eigenvalue weighted by Crippen LogP contribution is 2.09. The fourth-order valence-electron chi connectivity index (χ4n) is 1.38. The van der Waals surface area contributed by atoms with Crippen molar-refractivity contribution in [2.45, 2.75) is 31.9 Å². The van der Waals surface area contributed by atoms with Crippen LogP contribution in [0.25, 0.3) is 0 Å². The van der Waals surface area contributed by atoms with Crippen LogP contribution < -0.4 is 0 Å². The molecule has 0 saturated heterocycles. The summed E-state index contributed by atoms with van der Waals surface area (Å²) in [5.74, 6) is -2.64. The number of carbonyl (C=O) groups is 1. The van der Waals surface area contributed by atoms with Gasteiger partial charge in [0.05, 0.1) is 11.5 Å². The van der Waals surface area contributed by atoms with Gasteiger partial charge in [0, 0.05) is 5.75 Å². The van der Waals surface area contributed by atoms with Crippen LogP contribution >= 0.6 is 0 Å². The maximum absolute atomic E-state index is 11.6. The summed E-state index contributed by atoms with van der Waals surface area (Å²) in [6.45, 7) is 3.12. The number of hydrogen-bond donors (Lipinski definition) is 1. The molecule has 17 heavy (non-hydrogen) atoms. The molecule has 0 fully saturated rings. The van der Waals surface area contributed by atoms with Gasteiger partial charge in [-0.1, -0.05) is 13.8 Å². The molecule has 0 radical (unpaired) electrons. The number of carboxylic acid groups (broad SMARTS) is 1. The number of hydrogen-bond acceptors (Lipinski definition) is 5. The van der Waals surface area contributed by atoms with E-state index < -0.39 is 42.4 Å². The lowest BCUT2D eigenvalue weighted by Crippen LogP contribution is -2.33. The maximum atomic E-state index is 11.6. The van der Waals surface area contributed by atoms with Crippen LogP contribution in [0.1, 0.15) is 26.7 Å². The minimum absolute atomic E-state index is 0.0640. The van der Waals surface area contributed by atoms with E-state index in [2.05, 4.69) is 0 Å². The van der Waals surface area contributed by atoms with Gasteiger partial charge in [-0.3, -0.25) is 4.79 Å². The van der Waals surface area contributed by atoms with Gasteiger partial charge in [0.15, 0.2) is 24.9 Å². The molecule has 0 saturated carbocycles. The van der Waals surface area contributed by atoms with Gasteiger partial charge < -0.3 is 5.11 Å². The second-order valence-electron chi connectivity index (χ2n) is 3.75. The zero-order valence-electron chi connectivity index (χ0n) is 9.92. The highest BCUT2D eigenvalue weighted by Gasteiger charge is 2.31. The molecule has 1 atom stereocenters. The highest BCUT2D eigenvalue weighted by molar-refractivity contribution is 7.95. The van der Waals surface area contributed by atoms with E-state index >= 15 is 0 Å². The van der Waals surface area contributed by atoms with Crippen LogP contribution in [0.5, 0.6) is 0 Å². The summed E-state index contributed by atoms with van der Waals surface area (Å²) in [5, 5.41) is 7.20. The standard InChI is InChI=1S/C9H18O6S2/c1-3-5-16(12,13)6-7-17(14,15)8(4-2)9(10)11/h8H,3-7H2,1-2H3,(H,10,11). The zero-order valence-corrected chi connectivity index (χ0v) is 11.6. The Kier molecular flexibility index (Phi) is 6.11. The molecule has 0 aromatic carbocycles. The summed E-state index contributed by atoms with van der Waals surface area (Å²) < 4.78 is 45.9. The first-order valence-electron chi connectivity index (χ1n) is 5.31. The summed E-state index contributed by atoms with van der Waals surface area (Å²) in [6.07, 6.45) is 0.351. The number of sulfone groups is 2. The average Bonchev–Trinajstić information content (AvgIpc) is 2.15. The van der Waals surface area contributed by atoms with Crippen molar-refractivity contribution in [3.8, 4) is 0 Å². The van der Waals surface area contributed by atoms with Crippen LogP contribution in [0.4, 0.5) is 0 Å². The number of rotatable bonds is 8. The van der Waals surface area contributed by atoms with E-state index in [4.69, 9.17) is 5.11 Å². The van der Waals surface area contributed by atoms with Crippen molar-refractivity contribution >= 4 is 25.6 Å². The molecule has 1 unspecified atom stereocenters. The maximum Gasteiger partial charge on any atom is 0.321 e. The second-order valence-corrected chi connectivity index (χ2v) is 8.36. The highest BCUT2D eigenvalue weighted by atomic mass is 32.2. The molecule has 6 nitrogen and oxygen atoms in total. The molecule has 0 heterocycles. The largest absolute Gasteiger partial charge is 0.480 e. The third-order valence-electron chi connectivity index (χ3n) is 2.27. The monoisotopic (exact) mass is 286 g/mol. The van der Waals surface area contributed by atoms with E-state index in [0.29, 0.717) is 6.42 Å². The predicted molar refractivity (Wildman–Crippen MR) is 64.4 cm³/mol. The molecule has 102 valence electrons. The molecular formula is C9H18O6S2. The van der Waals surface area contributed by atoms with Crippen LogP contribution in [0.3, 0.4) is 0 Å². The zero-order chi connectivity index (χ0) is 13.7. The third-order valence-corrected chi connectivity index (χ3v) is 6.56. The van der Waals surface area contributed by atoms with Crippen molar-refractivity contribution in [3.05, 3.63) is 0 Å². The van der Waals surface area contributed by atoms with Gasteiger partial charge in [0.25, 0.3) is 0 Å². The minimum atomic E-state index is -3.90. The molecule has 0 amide bonds. The Hall–Kier alpha value is -0.630. The van der Waals surface area contributed by atoms with Crippen molar-refractivity contribution < 1.29 is 26.7 Å². The summed E-state index contributed by atoms with van der Waals surface area (Å²) in [7, 11) is -7.31. The van der Waals surface area contributed by atoms with Gasteiger partial charge in [-0.2, -0.15) is 0 Å². The fourth-order valence-corrected chi connectivity index (χ4v) is 5.25. The van der Waals surface area contributed by atoms with Gasteiger partial charge >= 0.3 is 5.97 Å². The lowest BCUT2D eigenvalue weighted by molar-refractivity contribution is -0.136. The summed E-state index contributed by atoms with van der Waals surface area (Å²) in [4.78, 5) is 10.7. The molecule has 0 aromatic rings. The lowest BCUT2D eigenvalue weighted by atomic mass is 10.3. The van der Waals surface area contributed by atoms with Crippen molar-refractivity contribution in [2.24, 2.45) is 0 Å². The molecule has 0 aliphatic heterocycles. The molecule has 8 heteroatoms. The topological polar surface area (TPSA) is 106 Å². The summed E-state index contributed by atoms with van der Waals surface area (Å²) in [6, 6.07) is 0. The van der Waals surface area contributed by atoms with E-state index in [1.165, 1.54) is 6.92 Å². The second kappa shape index (κ2) is 6.34. The summed E-state index contributed by atoms with van der Waals surface area (Å²) >= 11 is 0. The van der Waals surface area contributed by atoms with Crippen molar-refractivity contribution in [2.75, 3.05) is 17.3 Å². The van der Waals surface area contributed by atoms with Gasteiger partial charge in [-0.25, -0.2) is 16.8 Å². The Morgan fingerprint density at radius 2 is 1.59 bits per heavy atom. The van der Waals surface area contributed by atoms with Gasteiger partial charge in [-0.05, 0) is 12.8 Å². The number of aliphatic carboxylic acids is 1. The van der Waals surface area contributed by atoms with Gasteiger partial charge in [0.1, 0.15) is 0 Å². The Morgan fingerprint density at radius 3 is 1.94 bits per heavy atom. The van der Waals surface area contributed by atoms with Gasteiger partial charge in [0.2, 0.25) is 0 Å².